The van der Waals surface area contributed by atoms with Gasteiger partial charge < -0.3 is 20.5 Å². The molecule has 1 unspecified atom stereocenters. The molecule has 2 amide bonds. The summed E-state index contributed by atoms with van der Waals surface area (Å²) in [5.74, 6) is -1.61. The summed E-state index contributed by atoms with van der Waals surface area (Å²) in [6, 6.07) is 15.2. The van der Waals surface area contributed by atoms with Crippen molar-refractivity contribution in [3.63, 3.8) is 0 Å². The van der Waals surface area contributed by atoms with Gasteiger partial charge in [0, 0.05) is 5.92 Å². The van der Waals surface area contributed by atoms with Gasteiger partial charge in [-0.3, -0.25) is 4.79 Å². The number of aliphatic carboxylic acids is 1. The molecule has 0 radical (unpaired) electrons. The molecule has 0 spiro atoms. The van der Waals surface area contributed by atoms with Crippen molar-refractivity contribution in [3.8, 4) is 11.1 Å². The molecule has 3 N–H and O–H groups in total. The number of nitrogens with one attached hydrogen (secondary N) is 2. The maximum Gasteiger partial charge on any atom is 0.408 e. The van der Waals surface area contributed by atoms with E-state index in [0.717, 1.165) is 35.1 Å². The lowest BCUT2D eigenvalue weighted by molar-refractivity contribution is -0.143. The Labute approximate surface area is 199 Å². The quantitative estimate of drug-likeness (QED) is 0.513. The molecule has 0 saturated heterocycles. The van der Waals surface area contributed by atoms with Gasteiger partial charge in [-0.25, -0.2) is 9.59 Å². The van der Waals surface area contributed by atoms with Crippen LogP contribution < -0.4 is 10.6 Å². The van der Waals surface area contributed by atoms with Crippen LogP contribution in [0.3, 0.4) is 0 Å². The van der Waals surface area contributed by atoms with Crippen LogP contribution in [0.1, 0.15) is 57.1 Å². The van der Waals surface area contributed by atoms with Crippen LogP contribution in [-0.2, 0) is 14.3 Å². The molecule has 7 nitrogen and oxygen atoms in total. The highest BCUT2D eigenvalue weighted by Crippen LogP contribution is 2.44. The van der Waals surface area contributed by atoms with Gasteiger partial charge in [-0.15, -0.1) is 0 Å². The zero-order valence-electron chi connectivity index (χ0n) is 19.8. The first-order chi connectivity index (χ1) is 16.2. The molecule has 7 heteroatoms. The first kappa shape index (κ1) is 23.8. The summed E-state index contributed by atoms with van der Waals surface area (Å²) in [6.45, 7) is 5.59. The molecular weight excluding hydrogens is 432 g/mol. The molecule has 1 saturated carbocycles. The van der Waals surface area contributed by atoms with Crippen molar-refractivity contribution in [2.24, 2.45) is 11.8 Å². The lowest BCUT2D eigenvalue weighted by atomic mass is 9.93. The molecule has 2 aromatic carbocycles. The number of carbonyl (C=O) groups is 3. The Morgan fingerprint density at radius 3 is 2.09 bits per heavy atom. The highest BCUT2D eigenvalue weighted by molar-refractivity contribution is 5.93. The Bertz CT molecular complexity index is 1050. The number of carboxylic acid groups (broad SMARTS) is 1. The van der Waals surface area contributed by atoms with E-state index in [1.807, 2.05) is 50.2 Å². The second kappa shape index (κ2) is 9.49. The van der Waals surface area contributed by atoms with Crippen molar-refractivity contribution in [3.05, 3.63) is 59.7 Å². The number of ether oxygens (including phenoxy) is 1. The van der Waals surface area contributed by atoms with Gasteiger partial charge in [0.25, 0.3) is 0 Å². The maximum absolute atomic E-state index is 13.1. The summed E-state index contributed by atoms with van der Waals surface area (Å²) < 4.78 is 5.63. The number of rotatable bonds is 9. The van der Waals surface area contributed by atoms with E-state index in [1.54, 1.807) is 6.92 Å². The van der Waals surface area contributed by atoms with E-state index >= 15 is 0 Å². The van der Waals surface area contributed by atoms with Crippen LogP contribution in [0.5, 0.6) is 0 Å². The van der Waals surface area contributed by atoms with E-state index in [9.17, 15) is 19.5 Å². The van der Waals surface area contributed by atoms with Crippen LogP contribution in [0.25, 0.3) is 11.1 Å². The molecule has 0 heterocycles. The Morgan fingerprint density at radius 1 is 1.03 bits per heavy atom. The fourth-order valence-corrected chi connectivity index (χ4v) is 4.85. The lowest BCUT2D eigenvalue weighted by Gasteiger charge is -2.31. The second-order valence-corrected chi connectivity index (χ2v) is 9.92. The first-order valence-electron chi connectivity index (χ1n) is 11.9. The molecule has 0 bridgehead atoms. The minimum atomic E-state index is -1.23. The zero-order chi connectivity index (χ0) is 24.5. The van der Waals surface area contributed by atoms with E-state index in [-0.39, 0.29) is 24.4 Å². The minimum Gasteiger partial charge on any atom is -0.480 e. The van der Waals surface area contributed by atoms with Crippen molar-refractivity contribution in [2.75, 3.05) is 6.61 Å². The molecule has 1 fully saturated rings. The van der Waals surface area contributed by atoms with E-state index in [2.05, 4.69) is 22.8 Å². The smallest absolute Gasteiger partial charge is 0.408 e. The van der Waals surface area contributed by atoms with Crippen molar-refractivity contribution in [1.82, 2.24) is 10.6 Å². The topological polar surface area (TPSA) is 105 Å². The fraction of sp³-hybridized carbons (Fsp3) is 0.444. The monoisotopic (exact) mass is 464 g/mol. The molecule has 2 aliphatic carbocycles. The number of hydrogen-bond donors (Lipinski definition) is 3. The zero-order valence-corrected chi connectivity index (χ0v) is 19.8. The molecule has 34 heavy (non-hydrogen) atoms. The molecule has 2 atom stereocenters. The van der Waals surface area contributed by atoms with Gasteiger partial charge >= 0.3 is 12.1 Å². The number of benzene rings is 2. The van der Waals surface area contributed by atoms with Crippen LogP contribution in [0.15, 0.2) is 48.5 Å². The minimum absolute atomic E-state index is 0.0542. The van der Waals surface area contributed by atoms with E-state index < -0.39 is 29.6 Å². The summed E-state index contributed by atoms with van der Waals surface area (Å²) in [4.78, 5) is 37.6. The number of alkyl carbamates (subject to hydrolysis) is 1. The molecule has 2 aromatic rings. The van der Waals surface area contributed by atoms with Crippen LogP contribution in [0, 0.1) is 11.8 Å². The lowest BCUT2D eigenvalue weighted by Crippen LogP contribution is -2.61. The van der Waals surface area contributed by atoms with Gasteiger partial charge in [-0.1, -0.05) is 62.4 Å². The van der Waals surface area contributed by atoms with E-state index in [1.165, 1.54) is 0 Å². The largest absolute Gasteiger partial charge is 0.480 e. The van der Waals surface area contributed by atoms with Crippen LogP contribution in [-0.4, -0.2) is 41.3 Å². The first-order valence-corrected chi connectivity index (χ1v) is 11.9. The molecular formula is C27H32N2O5. The molecule has 4 rings (SSSR count). The average molecular weight is 465 g/mol. The van der Waals surface area contributed by atoms with E-state index in [0.29, 0.717) is 6.42 Å². The van der Waals surface area contributed by atoms with Crippen molar-refractivity contribution < 1.29 is 24.2 Å². The number of amides is 2. The summed E-state index contributed by atoms with van der Waals surface area (Å²) in [6.07, 6.45) is 1.21. The maximum atomic E-state index is 13.1. The van der Waals surface area contributed by atoms with Crippen molar-refractivity contribution in [2.45, 2.75) is 57.5 Å². The Morgan fingerprint density at radius 2 is 1.59 bits per heavy atom. The Kier molecular flexibility index (Phi) is 6.64. The highest BCUT2D eigenvalue weighted by atomic mass is 16.5. The summed E-state index contributed by atoms with van der Waals surface area (Å²) in [7, 11) is 0. The summed E-state index contributed by atoms with van der Waals surface area (Å²) >= 11 is 0. The van der Waals surface area contributed by atoms with Gasteiger partial charge in [0.15, 0.2) is 0 Å². The van der Waals surface area contributed by atoms with Gasteiger partial charge in [0.2, 0.25) is 5.91 Å². The average Bonchev–Trinajstić information content (AvgIpc) is 3.61. The normalized spacial score (nSPS) is 17.3. The SMILES string of the molecule is CC(C)C[C@@H](NC(=O)C(C)(NC(=O)OCC1c2ccccc2-c2ccccc21)C1CC1)C(=O)O. The predicted octanol–water partition coefficient (Wildman–Crippen LogP) is 4.31. The van der Waals surface area contributed by atoms with Gasteiger partial charge in [-0.05, 0) is 60.3 Å². The Balaban J connectivity index is 1.44. The summed E-state index contributed by atoms with van der Waals surface area (Å²) in [5.41, 5.74) is 3.26. The fourth-order valence-electron chi connectivity index (χ4n) is 4.85. The second-order valence-electron chi connectivity index (χ2n) is 9.92. The van der Waals surface area contributed by atoms with Crippen LogP contribution in [0.4, 0.5) is 4.79 Å². The third-order valence-corrected chi connectivity index (χ3v) is 6.88. The summed E-state index contributed by atoms with van der Waals surface area (Å²) in [5, 5.41) is 14.9. The Hall–Kier alpha value is -3.35. The number of carboxylic acids is 1. The van der Waals surface area contributed by atoms with Crippen molar-refractivity contribution >= 4 is 18.0 Å². The number of hydrogen-bond acceptors (Lipinski definition) is 4. The third-order valence-electron chi connectivity index (χ3n) is 6.88. The molecule has 180 valence electrons. The van der Waals surface area contributed by atoms with Crippen LogP contribution in [0.2, 0.25) is 0 Å². The van der Waals surface area contributed by atoms with Gasteiger partial charge in [0.1, 0.15) is 18.2 Å². The standard InChI is InChI=1S/C27H32N2O5/c1-16(2)14-23(24(30)31)28-25(32)27(3,17-12-13-17)29-26(33)34-15-22-20-10-6-4-8-18(20)19-9-5-7-11-21(19)22/h4-11,16-17,22-23H,12-15H2,1-3H3,(H,28,32)(H,29,33)(H,30,31)/t23-,27?/m1/s1. The number of carbonyl (C=O) groups excluding carboxylic acids is 2. The van der Waals surface area contributed by atoms with E-state index in [4.69, 9.17) is 4.74 Å². The molecule has 0 aliphatic heterocycles. The predicted molar refractivity (Wildman–Crippen MR) is 128 cm³/mol. The van der Waals surface area contributed by atoms with Gasteiger partial charge in [-0.2, -0.15) is 0 Å². The number of fused-ring (bicyclic) bond motifs is 3. The molecule has 2 aliphatic rings. The van der Waals surface area contributed by atoms with Crippen LogP contribution >= 0.6 is 0 Å². The third kappa shape index (κ3) is 4.79. The molecule has 0 aromatic heterocycles. The van der Waals surface area contributed by atoms with Gasteiger partial charge in [0.05, 0.1) is 0 Å². The van der Waals surface area contributed by atoms with Crippen molar-refractivity contribution in [1.29, 1.82) is 0 Å². The highest BCUT2D eigenvalue weighted by Gasteiger charge is 2.49.